The van der Waals surface area contributed by atoms with E-state index in [1.165, 1.54) is 5.39 Å². The maximum atomic E-state index is 6.64. The first kappa shape index (κ1) is 25.1. The molecular formula is C42H24N2O2. The summed E-state index contributed by atoms with van der Waals surface area (Å²) in [5.41, 5.74) is 10.2. The highest BCUT2D eigenvalue weighted by Crippen LogP contribution is 2.40. The maximum Gasteiger partial charge on any atom is 0.246 e. The molecule has 0 bridgehead atoms. The standard InChI is InChI=1S/C42H24N2O2/c1-3-14-31-25(8-1)19-21-37-38(31)39-42(45-37)43-24-36(44-39)30-13-6-11-28(23-30)27-10-5-12-29(22-27)33-16-7-17-34-35-20-18-26-9-2-4-15-32(26)40(35)46-41(33)34/h1-24H. The lowest BCUT2D eigenvalue weighted by Gasteiger charge is -2.09. The first-order valence-corrected chi connectivity index (χ1v) is 15.4. The van der Waals surface area contributed by atoms with E-state index in [9.17, 15) is 0 Å². The summed E-state index contributed by atoms with van der Waals surface area (Å²) in [6.45, 7) is 0. The van der Waals surface area contributed by atoms with Gasteiger partial charge in [0.1, 0.15) is 22.3 Å². The molecule has 0 radical (unpaired) electrons. The van der Waals surface area contributed by atoms with Crippen LogP contribution >= 0.6 is 0 Å². The van der Waals surface area contributed by atoms with Gasteiger partial charge >= 0.3 is 0 Å². The van der Waals surface area contributed by atoms with Crippen molar-refractivity contribution in [2.75, 3.05) is 0 Å². The SMILES string of the molecule is c1cc(-c2cccc(-c3cccc4c3oc3c5ccccc5ccc43)c2)cc(-c2cnc3oc4ccc5ccccc5c4c3n2)c1. The minimum absolute atomic E-state index is 0.548. The Bertz CT molecular complexity index is 2820. The summed E-state index contributed by atoms with van der Waals surface area (Å²) in [6, 6.07) is 48.7. The van der Waals surface area contributed by atoms with Gasteiger partial charge in [0.2, 0.25) is 5.71 Å². The quantitative estimate of drug-likeness (QED) is 0.206. The van der Waals surface area contributed by atoms with Crippen molar-refractivity contribution in [1.29, 1.82) is 0 Å². The molecule has 0 saturated heterocycles. The summed E-state index contributed by atoms with van der Waals surface area (Å²) in [6.07, 6.45) is 1.80. The molecule has 4 nitrogen and oxygen atoms in total. The molecule has 0 atom stereocenters. The van der Waals surface area contributed by atoms with E-state index in [0.29, 0.717) is 5.71 Å². The van der Waals surface area contributed by atoms with Crippen molar-refractivity contribution in [1.82, 2.24) is 9.97 Å². The summed E-state index contributed by atoms with van der Waals surface area (Å²) in [5, 5.41) is 7.83. The van der Waals surface area contributed by atoms with Gasteiger partial charge in [0.05, 0.1) is 17.3 Å². The fourth-order valence-electron chi connectivity index (χ4n) is 6.92. The molecule has 0 spiro atoms. The normalized spacial score (nSPS) is 11.9. The van der Waals surface area contributed by atoms with E-state index in [1.54, 1.807) is 6.20 Å². The van der Waals surface area contributed by atoms with Crippen LogP contribution in [0.5, 0.6) is 0 Å². The van der Waals surface area contributed by atoms with Crippen LogP contribution in [-0.4, -0.2) is 9.97 Å². The zero-order valence-electron chi connectivity index (χ0n) is 24.6. The molecule has 214 valence electrons. The smallest absolute Gasteiger partial charge is 0.246 e. The first-order valence-electron chi connectivity index (χ1n) is 15.4. The van der Waals surface area contributed by atoms with Gasteiger partial charge in [-0.3, -0.25) is 0 Å². The molecule has 7 aromatic carbocycles. The lowest BCUT2D eigenvalue weighted by molar-refractivity contribution is 0.653. The fourth-order valence-corrected chi connectivity index (χ4v) is 6.92. The van der Waals surface area contributed by atoms with E-state index in [1.807, 2.05) is 18.2 Å². The summed E-state index contributed by atoms with van der Waals surface area (Å²) < 4.78 is 12.7. The Labute approximate surface area is 263 Å². The molecule has 0 unspecified atom stereocenters. The van der Waals surface area contributed by atoms with E-state index in [4.69, 9.17) is 13.8 Å². The van der Waals surface area contributed by atoms with Gasteiger partial charge in [0.15, 0.2) is 0 Å². The van der Waals surface area contributed by atoms with Gasteiger partial charge in [-0.15, -0.1) is 0 Å². The van der Waals surface area contributed by atoms with E-state index in [-0.39, 0.29) is 0 Å². The minimum Gasteiger partial charge on any atom is -0.455 e. The van der Waals surface area contributed by atoms with Gasteiger partial charge in [-0.05, 0) is 57.1 Å². The molecule has 0 aliphatic heterocycles. The van der Waals surface area contributed by atoms with E-state index in [2.05, 4.69) is 126 Å². The predicted octanol–water partition coefficient (Wildman–Crippen LogP) is 11.6. The summed E-state index contributed by atoms with van der Waals surface area (Å²) in [4.78, 5) is 9.78. The van der Waals surface area contributed by atoms with Crippen LogP contribution in [0.1, 0.15) is 0 Å². The third-order valence-electron chi connectivity index (χ3n) is 9.13. The molecule has 0 N–H and O–H groups in total. The van der Waals surface area contributed by atoms with Gasteiger partial charge in [-0.25, -0.2) is 9.97 Å². The largest absolute Gasteiger partial charge is 0.455 e. The number of hydrogen-bond acceptors (Lipinski definition) is 4. The monoisotopic (exact) mass is 588 g/mol. The molecule has 0 amide bonds. The Balaban J connectivity index is 1.08. The molecule has 10 aromatic rings. The Morgan fingerprint density at radius 1 is 0.457 bits per heavy atom. The van der Waals surface area contributed by atoms with Crippen LogP contribution in [0.3, 0.4) is 0 Å². The van der Waals surface area contributed by atoms with Gasteiger partial charge in [-0.1, -0.05) is 115 Å². The predicted molar refractivity (Wildman–Crippen MR) is 188 cm³/mol. The van der Waals surface area contributed by atoms with Crippen molar-refractivity contribution in [3.8, 4) is 33.5 Å². The molecule has 3 heterocycles. The first-order chi connectivity index (χ1) is 22.8. The Hall–Kier alpha value is -6.26. The molecule has 0 aliphatic rings. The van der Waals surface area contributed by atoms with E-state index in [0.717, 1.165) is 88.1 Å². The average molecular weight is 589 g/mol. The topological polar surface area (TPSA) is 52.1 Å². The van der Waals surface area contributed by atoms with Crippen molar-refractivity contribution in [3.05, 3.63) is 146 Å². The van der Waals surface area contributed by atoms with Crippen molar-refractivity contribution < 1.29 is 8.83 Å². The zero-order chi connectivity index (χ0) is 30.2. The van der Waals surface area contributed by atoms with Crippen LogP contribution < -0.4 is 0 Å². The highest BCUT2D eigenvalue weighted by molar-refractivity contribution is 6.18. The second-order valence-electron chi connectivity index (χ2n) is 11.8. The lowest BCUT2D eigenvalue weighted by Crippen LogP contribution is -1.88. The average Bonchev–Trinajstić information content (AvgIpc) is 3.70. The molecular weight excluding hydrogens is 564 g/mol. The van der Waals surface area contributed by atoms with Crippen LogP contribution in [-0.2, 0) is 0 Å². The highest BCUT2D eigenvalue weighted by atomic mass is 16.3. The number of para-hydroxylation sites is 1. The molecule has 4 heteroatoms. The van der Waals surface area contributed by atoms with Crippen LogP contribution in [0.25, 0.3) is 99.2 Å². The molecule has 46 heavy (non-hydrogen) atoms. The number of fused-ring (bicyclic) bond motifs is 10. The van der Waals surface area contributed by atoms with Crippen molar-refractivity contribution in [2.24, 2.45) is 0 Å². The fraction of sp³-hybridized carbons (Fsp3) is 0. The summed E-state index contributed by atoms with van der Waals surface area (Å²) in [5.74, 6) is 0. The van der Waals surface area contributed by atoms with E-state index < -0.39 is 0 Å². The summed E-state index contributed by atoms with van der Waals surface area (Å²) in [7, 11) is 0. The number of aromatic nitrogens is 2. The van der Waals surface area contributed by atoms with Crippen molar-refractivity contribution >= 4 is 65.7 Å². The van der Waals surface area contributed by atoms with Crippen LogP contribution in [0.4, 0.5) is 0 Å². The number of hydrogen-bond donors (Lipinski definition) is 0. The molecule has 0 fully saturated rings. The molecule has 0 aliphatic carbocycles. The maximum absolute atomic E-state index is 6.64. The van der Waals surface area contributed by atoms with Gasteiger partial charge in [0.25, 0.3) is 0 Å². The van der Waals surface area contributed by atoms with Crippen LogP contribution in [0, 0.1) is 0 Å². The number of benzene rings is 7. The van der Waals surface area contributed by atoms with Gasteiger partial charge in [-0.2, -0.15) is 0 Å². The lowest BCUT2D eigenvalue weighted by atomic mass is 9.96. The highest BCUT2D eigenvalue weighted by Gasteiger charge is 2.16. The number of furan rings is 2. The second kappa shape index (κ2) is 9.62. The molecule has 3 aromatic heterocycles. The summed E-state index contributed by atoms with van der Waals surface area (Å²) >= 11 is 0. The Kier molecular flexibility index (Phi) is 5.25. The van der Waals surface area contributed by atoms with Crippen molar-refractivity contribution in [3.63, 3.8) is 0 Å². The number of nitrogens with zero attached hydrogens (tertiary/aromatic N) is 2. The molecule has 0 saturated carbocycles. The van der Waals surface area contributed by atoms with Gasteiger partial charge < -0.3 is 8.83 Å². The van der Waals surface area contributed by atoms with Gasteiger partial charge in [0, 0.05) is 27.3 Å². The Morgan fingerprint density at radius 3 is 1.98 bits per heavy atom. The van der Waals surface area contributed by atoms with Crippen molar-refractivity contribution in [2.45, 2.75) is 0 Å². The minimum atomic E-state index is 0.548. The third kappa shape index (κ3) is 3.74. The zero-order valence-corrected chi connectivity index (χ0v) is 24.6. The Morgan fingerprint density at radius 2 is 1.11 bits per heavy atom. The van der Waals surface area contributed by atoms with Crippen LogP contribution in [0.15, 0.2) is 155 Å². The molecule has 10 rings (SSSR count). The van der Waals surface area contributed by atoms with E-state index >= 15 is 0 Å². The number of rotatable bonds is 3. The third-order valence-corrected chi connectivity index (χ3v) is 9.13. The second-order valence-corrected chi connectivity index (χ2v) is 11.8. The van der Waals surface area contributed by atoms with Crippen LogP contribution in [0.2, 0.25) is 0 Å².